The number of aromatic nitrogens is 1. The van der Waals surface area contributed by atoms with Gasteiger partial charge in [0.15, 0.2) is 5.43 Å². The Morgan fingerprint density at radius 1 is 0.861 bits per heavy atom. The average molecular weight is 496 g/mol. The Morgan fingerprint density at radius 2 is 1.47 bits per heavy atom. The smallest absolute Gasteiger partial charge is 0.260 e. The zero-order valence-electron chi connectivity index (χ0n) is 19.2. The van der Waals surface area contributed by atoms with Crippen LogP contribution in [-0.2, 0) is 17.9 Å². The standard InChI is InChI=1S/C29H22ClN3O3/c30-24-13-5-1-10-21(24)19-36-27-16-8-2-9-20(27)17-31-32-28(34)18-33-25-14-6-3-11-22(25)29(35)23-12-4-7-15-26(23)33/h1-17H,18-19H2,(H,32,34). The molecule has 1 N–H and O–H groups in total. The molecule has 0 aliphatic heterocycles. The third kappa shape index (κ3) is 4.85. The van der Waals surface area contributed by atoms with E-state index in [4.69, 9.17) is 16.3 Å². The number of fused-ring (bicyclic) bond motifs is 2. The van der Waals surface area contributed by atoms with Crippen molar-refractivity contribution < 1.29 is 9.53 Å². The molecule has 6 nitrogen and oxygen atoms in total. The fraction of sp³-hybridized carbons (Fsp3) is 0.0690. The number of para-hydroxylation sites is 3. The highest BCUT2D eigenvalue weighted by Gasteiger charge is 2.12. The molecule has 0 aliphatic rings. The van der Waals surface area contributed by atoms with Crippen molar-refractivity contribution in [2.75, 3.05) is 0 Å². The van der Waals surface area contributed by atoms with E-state index < -0.39 is 0 Å². The molecule has 0 saturated heterocycles. The fourth-order valence-electron chi connectivity index (χ4n) is 4.09. The van der Waals surface area contributed by atoms with E-state index in [1.54, 1.807) is 18.3 Å². The second kappa shape index (κ2) is 10.5. The van der Waals surface area contributed by atoms with Crippen LogP contribution in [0.5, 0.6) is 5.75 Å². The van der Waals surface area contributed by atoms with Crippen LogP contribution in [0, 0.1) is 0 Å². The quantitative estimate of drug-likeness (QED) is 0.183. The van der Waals surface area contributed by atoms with Gasteiger partial charge in [-0.1, -0.05) is 66.2 Å². The summed E-state index contributed by atoms with van der Waals surface area (Å²) in [5.41, 5.74) is 5.51. The van der Waals surface area contributed by atoms with E-state index >= 15 is 0 Å². The lowest BCUT2D eigenvalue weighted by Gasteiger charge is -2.14. The Balaban J connectivity index is 1.34. The van der Waals surface area contributed by atoms with Gasteiger partial charge in [-0.2, -0.15) is 5.10 Å². The number of benzene rings is 4. The first-order valence-corrected chi connectivity index (χ1v) is 11.8. The van der Waals surface area contributed by atoms with Crippen LogP contribution >= 0.6 is 11.6 Å². The Morgan fingerprint density at radius 3 is 2.19 bits per heavy atom. The minimum Gasteiger partial charge on any atom is -0.488 e. The number of carbonyl (C=O) groups excluding carboxylic acids is 1. The molecular weight excluding hydrogens is 474 g/mol. The molecule has 0 atom stereocenters. The van der Waals surface area contributed by atoms with Crippen molar-refractivity contribution in [2.24, 2.45) is 5.10 Å². The lowest BCUT2D eigenvalue weighted by Crippen LogP contribution is -2.25. The van der Waals surface area contributed by atoms with Crippen molar-refractivity contribution in [3.05, 3.63) is 123 Å². The number of nitrogens with one attached hydrogen (secondary N) is 1. The Bertz CT molecular complexity index is 1600. The van der Waals surface area contributed by atoms with Crippen LogP contribution in [0.25, 0.3) is 21.8 Å². The van der Waals surface area contributed by atoms with Gasteiger partial charge in [-0.3, -0.25) is 9.59 Å². The highest BCUT2D eigenvalue weighted by molar-refractivity contribution is 6.31. The molecular formula is C29H22ClN3O3. The number of hydrogen-bond acceptors (Lipinski definition) is 4. The summed E-state index contributed by atoms with van der Waals surface area (Å²) in [5.74, 6) is 0.299. The molecule has 0 aliphatic carbocycles. The van der Waals surface area contributed by atoms with E-state index in [1.807, 2.05) is 89.5 Å². The highest BCUT2D eigenvalue weighted by atomic mass is 35.5. The second-order valence-corrected chi connectivity index (χ2v) is 8.57. The first kappa shape index (κ1) is 23.3. The van der Waals surface area contributed by atoms with Gasteiger partial charge in [-0.25, -0.2) is 5.43 Å². The van der Waals surface area contributed by atoms with Crippen molar-refractivity contribution in [1.82, 2.24) is 9.99 Å². The monoisotopic (exact) mass is 495 g/mol. The molecule has 0 radical (unpaired) electrons. The Kier molecular flexibility index (Phi) is 6.78. The van der Waals surface area contributed by atoms with Gasteiger partial charge in [0.2, 0.25) is 0 Å². The topological polar surface area (TPSA) is 72.7 Å². The molecule has 1 aromatic heterocycles. The van der Waals surface area contributed by atoms with Crippen LogP contribution in [0.3, 0.4) is 0 Å². The minimum atomic E-state index is -0.320. The second-order valence-electron chi connectivity index (χ2n) is 8.16. The van der Waals surface area contributed by atoms with Crippen molar-refractivity contribution in [1.29, 1.82) is 0 Å². The average Bonchev–Trinajstić information content (AvgIpc) is 2.91. The lowest BCUT2D eigenvalue weighted by molar-refractivity contribution is -0.121. The van der Waals surface area contributed by atoms with Gasteiger partial charge in [-0.15, -0.1) is 0 Å². The predicted octanol–water partition coefficient (Wildman–Crippen LogP) is 5.54. The SMILES string of the molecule is O=C(Cn1c2ccccc2c(=O)c2ccccc21)NN=Cc1ccccc1OCc1ccccc1Cl. The third-order valence-corrected chi connectivity index (χ3v) is 6.20. The largest absolute Gasteiger partial charge is 0.488 e. The van der Waals surface area contributed by atoms with Gasteiger partial charge >= 0.3 is 0 Å². The summed E-state index contributed by atoms with van der Waals surface area (Å²) in [5, 5.41) is 5.91. The van der Waals surface area contributed by atoms with E-state index in [1.165, 1.54) is 0 Å². The molecule has 1 amide bonds. The van der Waals surface area contributed by atoms with E-state index in [2.05, 4.69) is 10.5 Å². The van der Waals surface area contributed by atoms with Gasteiger partial charge in [0.05, 0.1) is 17.2 Å². The van der Waals surface area contributed by atoms with Gasteiger partial charge < -0.3 is 9.30 Å². The van der Waals surface area contributed by atoms with E-state index in [9.17, 15) is 9.59 Å². The predicted molar refractivity (Wildman–Crippen MR) is 144 cm³/mol. The zero-order valence-corrected chi connectivity index (χ0v) is 20.0. The number of hydrazone groups is 1. The number of nitrogens with zero attached hydrogens (tertiary/aromatic N) is 2. The van der Waals surface area contributed by atoms with Crippen LogP contribution in [0.1, 0.15) is 11.1 Å². The van der Waals surface area contributed by atoms with Gasteiger partial charge in [-0.05, 0) is 42.5 Å². The van der Waals surface area contributed by atoms with Gasteiger partial charge in [0.25, 0.3) is 5.91 Å². The third-order valence-electron chi connectivity index (χ3n) is 5.83. The summed E-state index contributed by atoms with van der Waals surface area (Å²) in [7, 11) is 0. The maximum atomic E-state index is 12.9. The van der Waals surface area contributed by atoms with Crippen molar-refractivity contribution in [3.8, 4) is 5.75 Å². The number of rotatable bonds is 7. The maximum absolute atomic E-state index is 12.9. The molecule has 4 aromatic carbocycles. The number of halogens is 1. The molecule has 7 heteroatoms. The van der Waals surface area contributed by atoms with Crippen LogP contribution in [0.15, 0.2) is 107 Å². The summed E-state index contributed by atoms with van der Waals surface area (Å²) in [4.78, 5) is 25.7. The molecule has 0 unspecified atom stereocenters. The molecule has 5 aromatic rings. The number of amides is 1. The van der Waals surface area contributed by atoms with E-state index in [-0.39, 0.29) is 17.9 Å². The van der Waals surface area contributed by atoms with E-state index in [0.29, 0.717) is 44.7 Å². The molecule has 0 bridgehead atoms. The van der Waals surface area contributed by atoms with Gasteiger partial charge in [0.1, 0.15) is 18.9 Å². The number of pyridine rings is 1. The number of hydrogen-bond donors (Lipinski definition) is 1. The van der Waals surface area contributed by atoms with Gasteiger partial charge in [0, 0.05) is 26.9 Å². The molecule has 0 saturated carbocycles. The molecule has 36 heavy (non-hydrogen) atoms. The normalized spacial score (nSPS) is 11.2. The maximum Gasteiger partial charge on any atom is 0.260 e. The summed E-state index contributed by atoms with van der Waals surface area (Å²) < 4.78 is 7.77. The summed E-state index contributed by atoms with van der Waals surface area (Å²) in [6.07, 6.45) is 1.54. The number of ether oxygens (including phenoxy) is 1. The Hall–Kier alpha value is -4.42. The molecule has 178 valence electrons. The summed E-state index contributed by atoms with van der Waals surface area (Å²) in [6, 6.07) is 29.5. The van der Waals surface area contributed by atoms with Crippen LogP contribution < -0.4 is 15.6 Å². The minimum absolute atomic E-state index is 0.00327. The van der Waals surface area contributed by atoms with Crippen LogP contribution in [0.2, 0.25) is 5.02 Å². The van der Waals surface area contributed by atoms with Crippen molar-refractivity contribution in [2.45, 2.75) is 13.2 Å². The first-order chi connectivity index (χ1) is 17.6. The molecule has 0 spiro atoms. The molecule has 0 fully saturated rings. The van der Waals surface area contributed by atoms with E-state index in [0.717, 1.165) is 5.56 Å². The highest BCUT2D eigenvalue weighted by Crippen LogP contribution is 2.21. The summed E-state index contributed by atoms with van der Waals surface area (Å²) in [6.45, 7) is 0.312. The van der Waals surface area contributed by atoms with Crippen LogP contribution in [0.4, 0.5) is 0 Å². The molecule has 1 heterocycles. The van der Waals surface area contributed by atoms with Crippen molar-refractivity contribution in [3.63, 3.8) is 0 Å². The first-order valence-electron chi connectivity index (χ1n) is 11.4. The fourth-order valence-corrected chi connectivity index (χ4v) is 4.28. The summed E-state index contributed by atoms with van der Waals surface area (Å²) >= 11 is 6.22. The Labute approximate surface area is 212 Å². The number of carbonyl (C=O) groups is 1. The lowest BCUT2D eigenvalue weighted by atomic mass is 10.1. The zero-order chi connectivity index (χ0) is 24.9. The van der Waals surface area contributed by atoms with Crippen molar-refractivity contribution >= 4 is 45.5 Å². The van der Waals surface area contributed by atoms with Crippen LogP contribution in [-0.4, -0.2) is 16.7 Å². The molecule has 5 rings (SSSR count).